The topological polar surface area (TPSA) is 67.9 Å². The van der Waals surface area contributed by atoms with E-state index in [9.17, 15) is 9.59 Å². The van der Waals surface area contributed by atoms with E-state index in [1.807, 2.05) is 6.07 Å². The van der Waals surface area contributed by atoms with Crippen LogP contribution in [0.2, 0.25) is 0 Å². The van der Waals surface area contributed by atoms with Gasteiger partial charge in [0.05, 0.1) is 17.3 Å². The molecule has 1 aliphatic heterocycles. The molecule has 0 spiro atoms. The van der Waals surface area contributed by atoms with Crippen molar-refractivity contribution in [1.29, 1.82) is 0 Å². The summed E-state index contributed by atoms with van der Waals surface area (Å²) in [6.45, 7) is 0.0856. The number of methoxy groups -OCH3 is 1. The van der Waals surface area contributed by atoms with Crippen LogP contribution in [-0.4, -0.2) is 25.5 Å². The minimum absolute atomic E-state index is 0.0186. The van der Waals surface area contributed by atoms with Gasteiger partial charge in [0.25, 0.3) is 11.8 Å². The molecule has 6 nitrogen and oxygen atoms in total. The summed E-state index contributed by atoms with van der Waals surface area (Å²) in [7, 11) is 1.49. The maximum absolute atomic E-state index is 12.7. The maximum Gasteiger partial charge on any atom is 0.282 e. The number of rotatable bonds is 5. The number of nitrogens with one attached hydrogen (secondary N) is 1. The third-order valence-electron chi connectivity index (χ3n) is 3.77. The zero-order valence-corrected chi connectivity index (χ0v) is 15.9. The first kappa shape index (κ1) is 18.5. The number of hydrogen-bond acceptors (Lipinski definition) is 4. The van der Waals surface area contributed by atoms with Crippen LogP contribution in [0, 0.1) is 12.3 Å². The normalized spacial score (nSPS) is 14.9. The maximum atomic E-state index is 12.7. The van der Waals surface area contributed by atoms with E-state index in [-0.39, 0.29) is 12.2 Å². The molecule has 27 heavy (non-hydrogen) atoms. The molecule has 0 saturated carbocycles. The Morgan fingerprint density at radius 2 is 2.00 bits per heavy atom. The van der Waals surface area contributed by atoms with Gasteiger partial charge in [-0.05, 0) is 51.8 Å². The number of anilines is 1. The van der Waals surface area contributed by atoms with Gasteiger partial charge in [-0.15, -0.1) is 6.42 Å². The first-order chi connectivity index (χ1) is 13.0. The largest absolute Gasteiger partial charge is 0.493 e. The van der Waals surface area contributed by atoms with Crippen molar-refractivity contribution < 1.29 is 19.1 Å². The monoisotopic (exact) mass is 426 g/mol. The van der Waals surface area contributed by atoms with Crippen molar-refractivity contribution in [2.24, 2.45) is 0 Å². The predicted octanol–water partition coefficient (Wildman–Crippen LogP) is 2.93. The average Bonchev–Trinajstić information content (AvgIpc) is 2.95. The molecule has 1 N–H and O–H groups in total. The lowest BCUT2D eigenvalue weighted by Crippen LogP contribution is -2.35. The highest BCUT2D eigenvalue weighted by molar-refractivity contribution is 9.10. The van der Waals surface area contributed by atoms with E-state index < -0.39 is 11.8 Å². The lowest BCUT2D eigenvalue weighted by molar-refractivity contribution is -0.117. The number of hydrogen-bond donors (Lipinski definition) is 1. The van der Waals surface area contributed by atoms with Crippen LogP contribution in [-0.2, 0) is 9.59 Å². The lowest BCUT2D eigenvalue weighted by atomic mass is 10.1. The Labute approximate surface area is 164 Å². The SMILES string of the molecule is C#CCOc1c(Br)cc(/C=C2/C(=O)NN(c3ccccc3)C2=O)cc1OC. The van der Waals surface area contributed by atoms with E-state index >= 15 is 0 Å². The number of terminal acetylenes is 1. The number of carbonyl (C=O) groups is 2. The highest BCUT2D eigenvalue weighted by atomic mass is 79.9. The molecule has 0 aliphatic carbocycles. The Bertz CT molecular complexity index is 964. The van der Waals surface area contributed by atoms with Crippen LogP contribution in [0.15, 0.2) is 52.5 Å². The van der Waals surface area contributed by atoms with Gasteiger partial charge in [0.1, 0.15) is 12.2 Å². The van der Waals surface area contributed by atoms with Crippen molar-refractivity contribution >= 4 is 39.5 Å². The molecular weight excluding hydrogens is 412 g/mol. The summed E-state index contributed by atoms with van der Waals surface area (Å²) in [5.74, 6) is 2.35. The molecule has 2 amide bonds. The quantitative estimate of drug-likeness (QED) is 0.453. The van der Waals surface area contributed by atoms with Crippen molar-refractivity contribution in [2.75, 3.05) is 18.7 Å². The summed E-state index contributed by atoms with van der Waals surface area (Å²) >= 11 is 3.40. The Morgan fingerprint density at radius 3 is 2.67 bits per heavy atom. The van der Waals surface area contributed by atoms with Gasteiger partial charge in [-0.3, -0.25) is 15.0 Å². The first-order valence-corrected chi connectivity index (χ1v) is 8.70. The summed E-state index contributed by atoms with van der Waals surface area (Å²) in [6, 6.07) is 12.2. The molecule has 1 heterocycles. The Balaban J connectivity index is 1.94. The Hall–Kier alpha value is -3.24. The van der Waals surface area contributed by atoms with Crippen LogP contribution >= 0.6 is 15.9 Å². The van der Waals surface area contributed by atoms with E-state index in [0.29, 0.717) is 27.2 Å². The second-order valence-electron chi connectivity index (χ2n) is 5.50. The van der Waals surface area contributed by atoms with Crippen LogP contribution in [0.1, 0.15) is 5.56 Å². The second kappa shape index (κ2) is 7.98. The van der Waals surface area contributed by atoms with Gasteiger partial charge >= 0.3 is 0 Å². The predicted molar refractivity (Wildman–Crippen MR) is 105 cm³/mol. The van der Waals surface area contributed by atoms with Gasteiger partial charge in [0.15, 0.2) is 11.5 Å². The van der Waals surface area contributed by atoms with Crippen LogP contribution in [0.25, 0.3) is 6.08 Å². The molecule has 0 aromatic heterocycles. The molecule has 3 rings (SSSR count). The molecule has 0 atom stereocenters. The number of carbonyl (C=O) groups excluding carboxylic acids is 2. The van der Waals surface area contributed by atoms with Gasteiger partial charge < -0.3 is 9.47 Å². The zero-order chi connectivity index (χ0) is 19.4. The highest BCUT2D eigenvalue weighted by Gasteiger charge is 2.34. The molecule has 0 radical (unpaired) electrons. The summed E-state index contributed by atoms with van der Waals surface area (Å²) in [4.78, 5) is 24.9. The van der Waals surface area contributed by atoms with E-state index in [1.54, 1.807) is 36.4 Å². The van der Waals surface area contributed by atoms with E-state index in [1.165, 1.54) is 18.2 Å². The van der Waals surface area contributed by atoms with E-state index in [4.69, 9.17) is 15.9 Å². The van der Waals surface area contributed by atoms with Crippen molar-refractivity contribution in [3.63, 3.8) is 0 Å². The fourth-order valence-electron chi connectivity index (χ4n) is 2.56. The third kappa shape index (κ3) is 3.81. The van der Waals surface area contributed by atoms with Gasteiger partial charge in [-0.2, -0.15) is 0 Å². The highest BCUT2D eigenvalue weighted by Crippen LogP contribution is 2.37. The average molecular weight is 427 g/mol. The molecule has 1 aliphatic rings. The number of benzene rings is 2. The molecule has 7 heteroatoms. The van der Waals surface area contributed by atoms with Gasteiger partial charge in [-0.1, -0.05) is 24.1 Å². The first-order valence-electron chi connectivity index (χ1n) is 7.91. The summed E-state index contributed by atoms with van der Waals surface area (Å²) < 4.78 is 11.4. The summed E-state index contributed by atoms with van der Waals surface area (Å²) in [6.07, 6.45) is 6.72. The minimum Gasteiger partial charge on any atom is -0.493 e. The molecule has 0 bridgehead atoms. The molecule has 2 aromatic rings. The lowest BCUT2D eigenvalue weighted by Gasteiger charge is -2.14. The number of ether oxygens (including phenoxy) is 2. The van der Waals surface area contributed by atoms with E-state index in [0.717, 1.165) is 0 Å². The van der Waals surface area contributed by atoms with Gasteiger partial charge in [0.2, 0.25) is 0 Å². The molecule has 2 aromatic carbocycles. The summed E-state index contributed by atoms with van der Waals surface area (Å²) in [5, 5.41) is 1.21. The second-order valence-corrected chi connectivity index (χ2v) is 6.36. The van der Waals surface area contributed by atoms with Crippen molar-refractivity contribution in [3.05, 3.63) is 58.1 Å². The number of amides is 2. The number of hydrazine groups is 1. The Morgan fingerprint density at radius 1 is 1.26 bits per heavy atom. The van der Waals surface area contributed by atoms with Crippen LogP contribution < -0.4 is 19.9 Å². The number of para-hydroxylation sites is 1. The van der Waals surface area contributed by atoms with Crippen LogP contribution in [0.4, 0.5) is 5.69 Å². The van der Waals surface area contributed by atoms with Crippen LogP contribution in [0.3, 0.4) is 0 Å². The van der Waals surface area contributed by atoms with Crippen molar-refractivity contribution in [3.8, 4) is 23.8 Å². The zero-order valence-electron chi connectivity index (χ0n) is 14.4. The van der Waals surface area contributed by atoms with Crippen molar-refractivity contribution in [2.45, 2.75) is 0 Å². The standard InChI is InChI=1S/C20H15BrN2O4/c1-3-9-27-18-16(21)11-13(12-17(18)26-2)10-15-19(24)22-23(20(15)25)14-7-5-4-6-8-14/h1,4-8,10-12H,9H2,2H3,(H,22,24)/b15-10-. The van der Waals surface area contributed by atoms with Crippen molar-refractivity contribution in [1.82, 2.24) is 5.43 Å². The fraction of sp³-hybridized carbons (Fsp3) is 0.100. The smallest absolute Gasteiger partial charge is 0.282 e. The molecule has 1 fully saturated rings. The number of halogens is 1. The molecule has 1 saturated heterocycles. The van der Waals surface area contributed by atoms with Crippen LogP contribution in [0.5, 0.6) is 11.5 Å². The molecular formula is C20H15BrN2O4. The summed E-state index contributed by atoms with van der Waals surface area (Å²) in [5.41, 5.74) is 3.76. The van der Waals surface area contributed by atoms with Gasteiger partial charge in [0, 0.05) is 0 Å². The fourth-order valence-corrected chi connectivity index (χ4v) is 3.13. The molecule has 136 valence electrons. The molecule has 0 unspecified atom stereocenters. The minimum atomic E-state index is -0.480. The third-order valence-corrected chi connectivity index (χ3v) is 4.36. The van der Waals surface area contributed by atoms with Gasteiger partial charge in [-0.25, -0.2) is 5.01 Å². The number of nitrogens with zero attached hydrogens (tertiary/aromatic N) is 1. The Kier molecular flexibility index (Phi) is 5.48. The van der Waals surface area contributed by atoms with E-state index in [2.05, 4.69) is 27.3 Å².